The summed E-state index contributed by atoms with van der Waals surface area (Å²) in [6.07, 6.45) is 2.58. The van der Waals surface area contributed by atoms with Gasteiger partial charge in [0.25, 0.3) is 0 Å². The summed E-state index contributed by atoms with van der Waals surface area (Å²) in [6, 6.07) is 3.79. The lowest BCUT2D eigenvalue weighted by molar-refractivity contribution is 0.642. The smallest absolute Gasteiger partial charge is 0.0589 e. The van der Waals surface area contributed by atoms with E-state index in [1.54, 1.807) is 6.20 Å². The number of halogens is 2. The van der Waals surface area contributed by atoms with Gasteiger partial charge in [-0.05, 0) is 24.5 Å². The Morgan fingerprint density at radius 3 is 2.75 bits per heavy atom. The summed E-state index contributed by atoms with van der Waals surface area (Å²) in [5.41, 5.74) is 1.05. The maximum Gasteiger partial charge on any atom is 0.0589 e. The van der Waals surface area contributed by atoms with E-state index in [2.05, 4.69) is 11.9 Å². The fourth-order valence-corrected chi connectivity index (χ4v) is 1.16. The van der Waals surface area contributed by atoms with Crippen LogP contribution >= 0.6 is 23.2 Å². The SMILES string of the molecule is CC(CCl)Cc1ccc(Cl)cn1. The van der Waals surface area contributed by atoms with Crippen molar-refractivity contribution in [3.05, 3.63) is 29.0 Å². The Hall–Kier alpha value is -0.270. The minimum Gasteiger partial charge on any atom is -0.260 e. The zero-order valence-corrected chi connectivity index (χ0v) is 8.44. The highest BCUT2D eigenvalue weighted by atomic mass is 35.5. The van der Waals surface area contributed by atoms with Crippen molar-refractivity contribution in [2.24, 2.45) is 5.92 Å². The molecule has 0 bridgehead atoms. The van der Waals surface area contributed by atoms with Gasteiger partial charge in [-0.15, -0.1) is 11.6 Å². The molecule has 1 aromatic heterocycles. The Balaban J connectivity index is 2.58. The molecule has 0 saturated carbocycles. The number of alkyl halides is 1. The summed E-state index contributed by atoms with van der Waals surface area (Å²) in [5, 5.41) is 0.678. The molecule has 0 aromatic carbocycles. The Kier molecular flexibility index (Phi) is 3.83. The molecule has 0 fully saturated rings. The minimum absolute atomic E-state index is 0.473. The first-order valence-electron chi connectivity index (χ1n) is 3.88. The molecule has 1 atom stereocenters. The maximum atomic E-state index is 5.69. The van der Waals surface area contributed by atoms with Gasteiger partial charge in [0.05, 0.1) is 5.02 Å². The molecule has 1 heterocycles. The van der Waals surface area contributed by atoms with E-state index >= 15 is 0 Å². The molecule has 0 aliphatic heterocycles. The van der Waals surface area contributed by atoms with Crippen molar-refractivity contribution in [2.75, 3.05) is 5.88 Å². The van der Waals surface area contributed by atoms with E-state index in [4.69, 9.17) is 23.2 Å². The third kappa shape index (κ3) is 3.00. The first-order valence-corrected chi connectivity index (χ1v) is 4.80. The number of nitrogens with zero attached hydrogens (tertiary/aromatic N) is 1. The predicted molar refractivity (Wildman–Crippen MR) is 52.8 cm³/mol. The summed E-state index contributed by atoms with van der Waals surface area (Å²) in [6.45, 7) is 2.10. The second-order valence-corrected chi connectivity index (χ2v) is 3.68. The van der Waals surface area contributed by atoms with Crippen molar-refractivity contribution in [2.45, 2.75) is 13.3 Å². The summed E-state index contributed by atoms with van der Waals surface area (Å²) < 4.78 is 0. The molecule has 0 aliphatic rings. The van der Waals surface area contributed by atoms with Crippen molar-refractivity contribution in [1.82, 2.24) is 4.98 Å². The number of hydrogen-bond donors (Lipinski definition) is 0. The normalized spacial score (nSPS) is 12.9. The summed E-state index contributed by atoms with van der Waals surface area (Å²) >= 11 is 11.4. The van der Waals surface area contributed by atoms with Crippen LogP contribution in [0.3, 0.4) is 0 Å². The number of pyridine rings is 1. The van der Waals surface area contributed by atoms with Gasteiger partial charge in [-0.25, -0.2) is 0 Å². The van der Waals surface area contributed by atoms with Crippen molar-refractivity contribution >= 4 is 23.2 Å². The summed E-state index contributed by atoms with van der Waals surface area (Å²) in [7, 11) is 0. The summed E-state index contributed by atoms with van der Waals surface area (Å²) in [5.74, 6) is 1.14. The van der Waals surface area contributed by atoms with E-state index in [0.29, 0.717) is 16.8 Å². The lowest BCUT2D eigenvalue weighted by atomic mass is 10.1. The highest BCUT2D eigenvalue weighted by molar-refractivity contribution is 6.30. The van der Waals surface area contributed by atoms with Crippen molar-refractivity contribution in [1.29, 1.82) is 0 Å². The lowest BCUT2D eigenvalue weighted by Crippen LogP contribution is -2.02. The minimum atomic E-state index is 0.473. The van der Waals surface area contributed by atoms with Crippen LogP contribution in [0.5, 0.6) is 0 Å². The number of hydrogen-bond acceptors (Lipinski definition) is 1. The molecule has 1 nitrogen and oxygen atoms in total. The average Bonchev–Trinajstić information content (AvgIpc) is 2.09. The van der Waals surface area contributed by atoms with Gasteiger partial charge in [0.1, 0.15) is 0 Å². The Morgan fingerprint density at radius 1 is 1.50 bits per heavy atom. The van der Waals surface area contributed by atoms with Crippen LogP contribution in [0.1, 0.15) is 12.6 Å². The van der Waals surface area contributed by atoms with Gasteiger partial charge in [-0.3, -0.25) is 4.98 Å². The third-order valence-electron chi connectivity index (χ3n) is 1.61. The highest BCUT2D eigenvalue weighted by Gasteiger charge is 2.02. The van der Waals surface area contributed by atoms with Crippen molar-refractivity contribution in [3.8, 4) is 0 Å². The predicted octanol–water partition coefficient (Wildman–Crippen LogP) is 3.15. The summed E-state index contributed by atoms with van der Waals surface area (Å²) in [4.78, 5) is 4.18. The molecule has 12 heavy (non-hydrogen) atoms. The van der Waals surface area contributed by atoms with Gasteiger partial charge in [0.15, 0.2) is 0 Å². The van der Waals surface area contributed by atoms with Crippen LogP contribution in [0, 0.1) is 5.92 Å². The average molecular weight is 204 g/mol. The van der Waals surface area contributed by atoms with Gasteiger partial charge >= 0.3 is 0 Å². The molecule has 1 unspecified atom stereocenters. The van der Waals surface area contributed by atoms with Gasteiger partial charge in [-0.2, -0.15) is 0 Å². The van der Waals surface area contributed by atoms with Crippen LogP contribution in [0.15, 0.2) is 18.3 Å². The van der Waals surface area contributed by atoms with E-state index in [-0.39, 0.29) is 0 Å². The number of aromatic nitrogens is 1. The molecule has 66 valence electrons. The zero-order chi connectivity index (χ0) is 8.97. The fourth-order valence-electron chi connectivity index (χ4n) is 0.939. The first-order chi connectivity index (χ1) is 5.72. The Morgan fingerprint density at radius 2 is 2.25 bits per heavy atom. The van der Waals surface area contributed by atoms with E-state index in [0.717, 1.165) is 12.1 Å². The van der Waals surface area contributed by atoms with Gasteiger partial charge in [0, 0.05) is 17.8 Å². The molecule has 0 spiro atoms. The van der Waals surface area contributed by atoms with Crippen LogP contribution < -0.4 is 0 Å². The standard InChI is InChI=1S/C9H11Cl2N/c1-7(5-10)4-9-3-2-8(11)6-12-9/h2-3,6-7H,4-5H2,1H3. The fraction of sp³-hybridized carbons (Fsp3) is 0.444. The largest absolute Gasteiger partial charge is 0.260 e. The second kappa shape index (κ2) is 4.68. The number of rotatable bonds is 3. The molecule has 0 radical (unpaired) electrons. The topological polar surface area (TPSA) is 12.9 Å². The molecule has 0 saturated heterocycles. The van der Waals surface area contributed by atoms with E-state index < -0.39 is 0 Å². The molecule has 0 N–H and O–H groups in total. The van der Waals surface area contributed by atoms with Gasteiger partial charge < -0.3 is 0 Å². The van der Waals surface area contributed by atoms with Crippen molar-refractivity contribution in [3.63, 3.8) is 0 Å². The van der Waals surface area contributed by atoms with Crippen molar-refractivity contribution < 1.29 is 0 Å². The Bertz CT molecular complexity index is 233. The molecular formula is C9H11Cl2N. The highest BCUT2D eigenvalue weighted by Crippen LogP contribution is 2.10. The quantitative estimate of drug-likeness (QED) is 0.689. The third-order valence-corrected chi connectivity index (χ3v) is 2.36. The van der Waals surface area contributed by atoms with E-state index in [1.165, 1.54) is 0 Å². The molecule has 0 aliphatic carbocycles. The maximum absolute atomic E-state index is 5.69. The second-order valence-electron chi connectivity index (χ2n) is 2.93. The van der Waals surface area contributed by atoms with Crippen LogP contribution in [0.25, 0.3) is 0 Å². The lowest BCUT2D eigenvalue weighted by Gasteiger charge is -2.05. The molecular weight excluding hydrogens is 193 g/mol. The monoisotopic (exact) mass is 203 g/mol. The van der Waals surface area contributed by atoms with Crippen LogP contribution in [0.2, 0.25) is 5.02 Å². The zero-order valence-electron chi connectivity index (χ0n) is 6.93. The van der Waals surface area contributed by atoms with Crippen LogP contribution in [0.4, 0.5) is 0 Å². The first kappa shape index (κ1) is 9.82. The van der Waals surface area contributed by atoms with Gasteiger partial charge in [-0.1, -0.05) is 18.5 Å². The van der Waals surface area contributed by atoms with E-state index in [9.17, 15) is 0 Å². The van der Waals surface area contributed by atoms with Crippen LogP contribution in [-0.4, -0.2) is 10.9 Å². The van der Waals surface area contributed by atoms with E-state index in [1.807, 2.05) is 12.1 Å². The Labute approximate surface area is 82.7 Å². The molecule has 3 heteroatoms. The molecule has 1 aromatic rings. The molecule has 1 rings (SSSR count). The van der Waals surface area contributed by atoms with Crippen LogP contribution in [-0.2, 0) is 6.42 Å². The molecule has 0 amide bonds. The van der Waals surface area contributed by atoms with Gasteiger partial charge in [0.2, 0.25) is 0 Å².